The van der Waals surface area contributed by atoms with Gasteiger partial charge in [-0.05, 0) is 11.5 Å². The van der Waals surface area contributed by atoms with Gasteiger partial charge in [-0.3, -0.25) is 4.79 Å². The molecule has 1 unspecified atom stereocenters. The Morgan fingerprint density at radius 3 is 2.30 bits per heavy atom. The number of aliphatic hydroxyl groups is 1. The van der Waals surface area contributed by atoms with E-state index in [1.807, 2.05) is 6.07 Å². The summed E-state index contributed by atoms with van der Waals surface area (Å²) in [7, 11) is 0. The van der Waals surface area contributed by atoms with Crippen LogP contribution in [0, 0.1) is 17.2 Å². The van der Waals surface area contributed by atoms with Crippen molar-refractivity contribution in [2.75, 3.05) is 0 Å². The number of nitrogens with one attached hydrogen (secondary N) is 1. The maximum atomic E-state index is 13.9. The van der Waals surface area contributed by atoms with Crippen LogP contribution in [0.5, 0.6) is 0 Å². The topological polar surface area (TPSA) is 138 Å². The summed E-state index contributed by atoms with van der Waals surface area (Å²) >= 11 is 0. The highest BCUT2D eigenvalue weighted by molar-refractivity contribution is 5.82. The van der Waals surface area contributed by atoms with Crippen LogP contribution in [0.2, 0.25) is 0 Å². The lowest BCUT2D eigenvalue weighted by molar-refractivity contribution is -0.137. The number of carbonyl (C=O) groups excluding carboxylic acids is 1. The van der Waals surface area contributed by atoms with Gasteiger partial charge in [0.15, 0.2) is 6.10 Å². The minimum absolute atomic E-state index is 0.0457. The molecule has 37 heavy (non-hydrogen) atoms. The van der Waals surface area contributed by atoms with Crippen molar-refractivity contribution in [3.63, 3.8) is 0 Å². The van der Waals surface area contributed by atoms with Crippen LogP contribution in [0.4, 0.5) is 13.2 Å². The fraction of sp³-hybridized carbons (Fsp3) is 0.240. The minimum atomic E-state index is -4.81. The van der Waals surface area contributed by atoms with Crippen LogP contribution < -0.4 is 5.32 Å². The zero-order valence-corrected chi connectivity index (χ0v) is 19.5. The zero-order chi connectivity index (χ0) is 26.7. The van der Waals surface area contributed by atoms with Crippen molar-refractivity contribution < 1.29 is 32.1 Å². The van der Waals surface area contributed by atoms with Gasteiger partial charge in [0, 0.05) is 11.1 Å². The molecular formula is C25H20F3N5O4. The second-order valence-electron chi connectivity index (χ2n) is 8.41. The van der Waals surface area contributed by atoms with Crippen molar-refractivity contribution in [3.05, 3.63) is 65.7 Å². The lowest BCUT2D eigenvalue weighted by Gasteiger charge is -2.18. The number of alkyl halides is 3. The van der Waals surface area contributed by atoms with Gasteiger partial charge >= 0.3 is 6.18 Å². The Kier molecular flexibility index (Phi) is 7.08. The maximum Gasteiger partial charge on any atom is 0.422 e. The molecule has 2 atom stereocenters. The summed E-state index contributed by atoms with van der Waals surface area (Å²) in [5.41, 5.74) is -0.768. The van der Waals surface area contributed by atoms with E-state index in [1.165, 1.54) is 36.4 Å². The van der Waals surface area contributed by atoms with Crippen molar-refractivity contribution in [1.29, 1.82) is 5.26 Å². The Morgan fingerprint density at radius 2 is 1.70 bits per heavy atom. The standard InChI is InChI=1S/C25H20F3N5O4/c1-13(2)17(12-29)30-23(35)20(34)15-8-10-16(11-9-15)22-31-24(37-33-22)21-18(25(26,27)28)19(32-36-21)14-6-4-3-5-7-14/h3-11,13,17,20,34H,1-2H3,(H,30,35)/t17-,20?/m1/s1. The third kappa shape index (κ3) is 5.36. The molecule has 2 aromatic heterocycles. The Morgan fingerprint density at radius 1 is 1.03 bits per heavy atom. The molecule has 0 bridgehead atoms. The van der Waals surface area contributed by atoms with E-state index in [1.54, 1.807) is 32.0 Å². The number of aromatic nitrogens is 3. The number of hydrogen-bond donors (Lipinski definition) is 2. The van der Waals surface area contributed by atoms with Crippen molar-refractivity contribution in [1.82, 2.24) is 20.6 Å². The van der Waals surface area contributed by atoms with Crippen LogP contribution in [-0.4, -0.2) is 32.4 Å². The number of rotatable bonds is 7. The summed E-state index contributed by atoms with van der Waals surface area (Å²) in [4.78, 5) is 16.3. The summed E-state index contributed by atoms with van der Waals surface area (Å²) < 4.78 is 51.8. The largest absolute Gasteiger partial charge is 0.422 e. The van der Waals surface area contributed by atoms with E-state index >= 15 is 0 Å². The number of benzene rings is 2. The number of carbonyl (C=O) groups is 1. The van der Waals surface area contributed by atoms with Gasteiger partial charge < -0.3 is 19.5 Å². The van der Waals surface area contributed by atoms with Crippen LogP contribution >= 0.6 is 0 Å². The first kappa shape index (κ1) is 25.6. The molecule has 190 valence electrons. The van der Waals surface area contributed by atoms with Gasteiger partial charge in [-0.1, -0.05) is 78.8 Å². The Hall–Kier alpha value is -4.50. The van der Waals surface area contributed by atoms with E-state index in [0.29, 0.717) is 5.56 Å². The number of halogens is 3. The third-order valence-corrected chi connectivity index (χ3v) is 5.48. The molecular weight excluding hydrogens is 491 g/mol. The summed E-state index contributed by atoms with van der Waals surface area (Å²) in [5, 5.41) is 29.2. The molecule has 2 heterocycles. The minimum Gasteiger partial charge on any atom is -0.378 e. The molecule has 9 nitrogen and oxygen atoms in total. The molecule has 0 saturated heterocycles. The molecule has 2 aromatic carbocycles. The van der Waals surface area contributed by atoms with E-state index in [9.17, 15) is 23.1 Å². The van der Waals surface area contributed by atoms with Crippen LogP contribution in [0.1, 0.15) is 31.1 Å². The van der Waals surface area contributed by atoms with Crippen LogP contribution in [0.25, 0.3) is 34.3 Å². The fourth-order valence-electron chi connectivity index (χ4n) is 3.47. The summed E-state index contributed by atoms with van der Waals surface area (Å²) in [6.07, 6.45) is -6.35. The molecule has 4 aromatic rings. The van der Waals surface area contributed by atoms with E-state index < -0.39 is 47.1 Å². The van der Waals surface area contributed by atoms with E-state index in [-0.39, 0.29) is 22.9 Å². The van der Waals surface area contributed by atoms with Crippen molar-refractivity contribution in [2.24, 2.45) is 5.92 Å². The number of amides is 1. The molecule has 1 amide bonds. The zero-order valence-electron chi connectivity index (χ0n) is 19.5. The predicted octanol–water partition coefficient (Wildman–Crippen LogP) is 4.78. The predicted molar refractivity (Wildman–Crippen MR) is 123 cm³/mol. The Balaban J connectivity index is 1.58. The number of nitrogens with zero attached hydrogens (tertiary/aromatic N) is 4. The number of hydrogen-bond acceptors (Lipinski definition) is 8. The molecule has 0 aliphatic carbocycles. The highest BCUT2D eigenvalue weighted by Gasteiger charge is 2.43. The second kappa shape index (κ2) is 10.2. The van der Waals surface area contributed by atoms with Gasteiger partial charge in [0.2, 0.25) is 11.6 Å². The molecule has 0 fully saturated rings. The monoisotopic (exact) mass is 511 g/mol. The SMILES string of the molecule is CC(C)[C@@H](C#N)NC(=O)C(O)c1ccc(-c2noc(-c3onc(-c4ccccc4)c3C(F)(F)F)n2)cc1. The van der Waals surface area contributed by atoms with E-state index in [2.05, 4.69) is 20.6 Å². The summed E-state index contributed by atoms with van der Waals surface area (Å²) in [6, 6.07) is 14.7. The lowest BCUT2D eigenvalue weighted by atomic mass is 10.0. The van der Waals surface area contributed by atoms with Gasteiger partial charge in [0.1, 0.15) is 17.3 Å². The third-order valence-electron chi connectivity index (χ3n) is 5.48. The summed E-state index contributed by atoms with van der Waals surface area (Å²) in [5.74, 6) is -2.17. The van der Waals surface area contributed by atoms with Gasteiger partial charge in [0.05, 0.1) is 6.07 Å². The molecule has 0 saturated carbocycles. The molecule has 0 spiro atoms. The molecule has 4 rings (SSSR count). The number of aliphatic hydroxyl groups excluding tert-OH is 1. The molecule has 0 radical (unpaired) electrons. The van der Waals surface area contributed by atoms with Crippen LogP contribution in [0.15, 0.2) is 63.6 Å². The van der Waals surface area contributed by atoms with Gasteiger partial charge in [0.25, 0.3) is 11.8 Å². The molecule has 2 N–H and O–H groups in total. The van der Waals surface area contributed by atoms with Crippen LogP contribution in [-0.2, 0) is 11.0 Å². The molecule has 0 aliphatic rings. The quantitative estimate of drug-likeness (QED) is 0.362. The smallest absolute Gasteiger partial charge is 0.378 e. The first-order valence-electron chi connectivity index (χ1n) is 11.0. The second-order valence-corrected chi connectivity index (χ2v) is 8.41. The lowest BCUT2D eigenvalue weighted by Crippen LogP contribution is -2.40. The van der Waals surface area contributed by atoms with Crippen LogP contribution in [0.3, 0.4) is 0 Å². The van der Waals surface area contributed by atoms with Gasteiger partial charge in [-0.15, -0.1) is 0 Å². The maximum absolute atomic E-state index is 13.9. The van der Waals surface area contributed by atoms with Crippen molar-refractivity contribution in [3.8, 4) is 40.4 Å². The van der Waals surface area contributed by atoms with Gasteiger partial charge in [-0.2, -0.15) is 23.4 Å². The average Bonchev–Trinajstić information content (AvgIpc) is 3.55. The fourth-order valence-corrected chi connectivity index (χ4v) is 3.47. The van der Waals surface area contributed by atoms with Crippen molar-refractivity contribution >= 4 is 5.91 Å². The highest BCUT2D eigenvalue weighted by atomic mass is 19.4. The average molecular weight is 511 g/mol. The van der Waals surface area contributed by atoms with Crippen molar-refractivity contribution in [2.45, 2.75) is 32.2 Å². The van der Waals surface area contributed by atoms with E-state index in [0.717, 1.165) is 0 Å². The molecule has 12 heteroatoms. The first-order valence-corrected chi connectivity index (χ1v) is 11.0. The van der Waals surface area contributed by atoms with Gasteiger partial charge in [-0.25, -0.2) is 0 Å². The first-order chi connectivity index (χ1) is 17.6. The normalized spacial score (nSPS) is 13.2. The highest BCUT2D eigenvalue weighted by Crippen LogP contribution is 2.43. The van der Waals surface area contributed by atoms with E-state index in [4.69, 9.17) is 14.3 Å². The summed E-state index contributed by atoms with van der Waals surface area (Å²) in [6.45, 7) is 3.51. The Bertz CT molecular complexity index is 1420. The molecule has 0 aliphatic heterocycles. The Labute approximate surface area is 208 Å². The number of nitriles is 1.